The summed E-state index contributed by atoms with van der Waals surface area (Å²) in [6.45, 7) is 2.93. The lowest BCUT2D eigenvalue weighted by atomic mass is 9.80. The molecular formula is C28H26ClF2N3O3S2. The first-order chi connectivity index (χ1) is 18.7. The molecule has 2 atom stereocenters. The van der Waals surface area contributed by atoms with E-state index >= 15 is 4.39 Å². The third kappa shape index (κ3) is 6.09. The van der Waals surface area contributed by atoms with Crippen molar-refractivity contribution >= 4 is 53.9 Å². The summed E-state index contributed by atoms with van der Waals surface area (Å²) in [6.07, 6.45) is 3.84. The molecule has 0 bridgehead atoms. The summed E-state index contributed by atoms with van der Waals surface area (Å²) in [5.74, 6) is -1.40. The number of hydrogen-bond acceptors (Lipinski definition) is 6. The lowest BCUT2D eigenvalue weighted by molar-refractivity contribution is 0.236. The molecule has 0 saturated carbocycles. The number of nitrogens with one attached hydrogen (secondary N) is 2. The molecule has 0 amide bonds. The number of fused-ring (bicyclic) bond motifs is 1. The number of para-hydroxylation sites is 1. The topological polar surface area (TPSA) is 80.3 Å². The van der Waals surface area contributed by atoms with Gasteiger partial charge >= 0.3 is 0 Å². The predicted octanol–water partition coefficient (Wildman–Crippen LogP) is 6.88. The van der Waals surface area contributed by atoms with Crippen LogP contribution in [-0.4, -0.2) is 32.6 Å². The number of sulfonamides is 1. The van der Waals surface area contributed by atoms with E-state index in [0.717, 1.165) is 58.7 Å². The summed E-state index contributed by atoms with van der Waals surface area (Å²) in [7, 11) is -4.30. The Bertz CT molecular complexity index is 1590. The highest BCUT2D eigenvalue weighted by molar-refractivity contribution is 7.93. The van der Waals surface area contributed by atoms with Crippen LogP contribution in [0.15, 0.2) is 71.6 Å². The largest absolute Gasteiger partial charge is 0.491 e. The van der Waals surface area contributed by atoms with Gasteiger partial charge in [-0.3, -0.25) is 4.72 Å². The molecule has 0 spiro atoms. The first-order valence-corrected chi connectivity index (χ1v) is 15.1. The third-order valence-corrected chi connectivity index (χ3v) is 9.31. The number of aromatic nitrogens is 1. The SMILES string of the molecule is CCN[C@@H]1CCC=C(c2ccc(F)cc2)C1COc1cc(F)c(S(=O)(=O)Nc2nc3ccccc3s2)cc1Cl. The van der Waals surface area contributed by atoms with Crippen molar-refractivity contribution in [2.45, 2.75) is 30.7 Å². The molecule has 3 aromatic carbocycles. The van der Waals surface area contributed by atoms with Gasteiger partial charge in [0.15, 0.2) is 5.13 Å². The fourth-order valence-electron chi connectivity index (χ4n) is 4.77. The van der Waals surface area contributed by atoms with Gasteiger partial charge in [-0.05, 0) is 60.9 Å². The minimum atomic E-state index is -4.30. The highest BCUT2D eigenvalue weighted by atomic mass is 35.5. The molecule has 0 radical (unpaired) electrons. The van der Waals surface area contributed by atoms with Crippen molar-refractivity contribution in [2.24, 2.45) is 5.92 Å². The molecule has 6 nitrogen and oxygen atoms in total. The first-order valence-electron chi connectivity index (χ1n) is 12.4. The number of nitrogens with zero attached hydrogens (tertiary/aromatic N) is 1. The zero-order valence-electron chi connectivity index (χ0n) is 21.0. The number of allylic oxidation sites excluding steroid dienone is 1. The van der Waals surface area contributed by atoms with E-state index < -0.39 is 20.7 Å². The molecule has 39 heavy (non-hydrogen) atoms. The standard InChI is InChI=1S/C28H26ClF2N3O3S2/c1-2-32-23-8-5-6-19(17-10-12-18(30)13-11-17)20(23)16-37-25-15-22(31)27(14-21(25)29)39(35,36)34-28-33-24-7-3-4-9-26(24)38-28/h3-4,6-7,9-15,20,23,32H,2,5,8,16H2,1H3,(H,33,34)/t20?,23-/m1/s1. The maximum atomic E-state index is 15.1. The van der Waals surface area contributed by atoms with Crippen molar-refractivity contribution in [1.82, 2.24) is 10.3 Å². The molecule has 1 aliphatic carbocycles. The van der Waals surface area contributed by atoms with E-state index in [1.807, 2.05) is 19.1 Å². The molecule has 11 heteroatoms. The molecule has 1 aromatic heterocycles. The maximum Gasteiger partial charge on any atom is 0.266 e. The quantitative estimate of drug-likeness (QED) is 0.222. The van der Waals surface area contributed by atoms with E-state index in [1.165, 1.54) is 12.1 Å². The number of anilines is 1. The Kier molecular flexibility index (Phi) is 8.18. The van der Waals surface area contributed by atoms with Crippen LogP contribution in [-0.2, 0) is 10.0 Å². The molecule has 204 valence electrons. The van der Waals surface area contributed by atoms with Crippen LogP contribution in [0.3, 0.4) is 0 Å². The fourth-order valence-corrected chi connectivity index (χ4v) is 7.24. The third-order valence-electron chi connectivity index (χ3n) is 6.58. The molecule has 5 rings (SSSR count). The average Bonchev–Trinajstić information content (AvgIpc) is 3.31. The number of ether oxygens (including phenoxy) is 1. The van der Waals surface area contributed by atoms with Gasteiger partial charge < -0.3 is 10.1 Å². The minimum Gasteiger partial charge on any atom is -0.491 e. The van der Waals surface area contributed by atoms with E-state index in [1.54, 1.807) is 24.3 Å². The Morgan fingerprint density at radius 3 is 2.64 bits per heavy atom. The van der Waals surface area contributed by atoms with Gasteiger partial charge in [-0.15, -0.1) is 0 Å². The molecule has 1 heterocycles. The van der Waals surface area contributed by atoms with Crippen LogP contribution in [0.25, 0.3) is 15.8 Å². The van der Waals surface area contributed by atoms with Crippen LogP contribution in [0.5, 0.6) is 5.75 Å². The van der Waals surface area contributed by atoms with E-state index in [-0.39, 0.29) is 40.3 Å². The monoisotopic (exact) mass is 589 g/mol. The van der Waals surface area contributed by atoms with Gasteiger partial charge in [-0.2, -0.15) is 0 Å². The Labute approximate surface area is 234 Å². The number of benzene rings is 3. The minimum absolute atomic E-state index is 0.0346. The van der Waals surface area contributed by atoms with Gasteiger partial charge in [0, 0.05) is 18.0 Å². The van der Waals surface area contributed by atoms with Crippen LogP contribution in [0.1, 0.15) is 25.3 Å². The predicted molar refractivity (Wildman–Crippen MR) is 152 cm³/mol. The van der Waals surface area contributed by atoms with Crippen LogP contribution in [0.2, 0.25) is 5.02 Å². The van der Waals surface area contributed by atoms with E-state index in [0.29, 0.717) is 5.52 Å². The first kappa shape index (κ1) is 27.5. The number of thiazole rings is 1. The van der Waals surface area contributed by atoms with Crippen LogP contribution < -0.4 is 14.8 Å². The van der Waals surface area contributed by atoms with Gasteiger partial charge in [-0.25, -0.2) is 22.2 Å². The Morgan fingerprint density at radius 2 is 1.90 bits per heavy atom. The van der Waals surface area contributed by atoms with E-state index in [4.69, 9.17) is 16.3 Å². The molecule has 4 aromatic rings. The van der Waals surface area contributed by atoms with Crippen LogP contribution in [0.4, 0.5) is 13.9 Å². The molecule has 0 saturated heterocycles. The normalized spacial score (nSPS) is 17.7. The smallest absolute Gasteiger partial charge is 0.266 e. The van der Waals surface area contributed by atoms with Crippen molar-refractivity contribution in [1.29, 1.82) is 0 Å². The van der Waals surface area contributed by atoms with Gasteiger partial charge in [0.2, 0.25) is 0 Å². The van der Waals surface area contributed by atoms with Crippen molar-refractivity contribution in [2.75, 3.05) is 17.9 Å². The fraction of sp³-hybridized carbons (Fsp3) is 0.250. The zero-order chi connectivity index (χ0) is 27.6. The van der Waals surface area contributed by atoms with Crippen molar-refractivity contribution < 1.29 is 21.9 Å². The second kappa shape index (κ2) is 11.6. The Balaban J connectivity index is 1.36. The number of halogens is 3. The molecule has 1 unspecified atom stereocenters. The molecule has 1 aliphatic rings. The zero-order valence-corrected chi connectivity index (χ0v) is 23.3. The number of rotatable bonds is 9. The maximum absolute atomic E-state index is 15.1. The lowest BCUT2D eigenvalue weighted by Gasteiger charge is -2.33. The molecule has 2 N–H and O–H groups in total. The van der Waals surface area contributed by atoms with Gasteiger partial charge in [0.25, 0.3) is 10.0 Å². The summed E-state index contributed by atoms with van der Waals surface area (Å²) in [5, 5.41) is 3.56. The highest BCUT2D eigenvalue weighted by Gasteiger charge is 2.30. The number of hydrogen-bond donors (Lipinski definition) is 2. The van der Waals surface area contributed by atoms with E-state index in [2.05, 4.69) is 21.1 Å². The Morgan fingerprint density at radius 1 is 1.13 bits per heavy atom. The Hall–Kier alpha value is -3.05. The van der Waals surface area contributed by atoms with Crippen molar-refractivity contribution in [3.05, 3.63) is 89.0 Å². The van der Waals surface area contributed by atoms with Gasteiger partial charge in [0.1, 0.15) is 22.3 Å². The highest BCUT2D eigenvalue weighted by Crippen LogP contribution is 2.36. The second-order valence-corrected chi connectivity index (χ2v) is 12.2. The molecular weight excluding hydrogens is 564 g/mol. The van der Waals surface area contributed by atoms with Crippen molar-refractivity contribution in [3.8, 4) is 5.75 Å². The average molecular weight is 590 g/mol. The van der Waals surface area contributed by atoms with Crippen molar-refractivity contribution in [3.63, 3.8) is 0 Å². The van der Waals surface area contributed by atoms with Gasteiger partial charge in [-0.1, -0.05) is 60.2 Å². The summed E-state index contributed by atoms with van der Waals surface area (Å²) in [4.78, 5) is 3.65. The van der Waals surface area contributed by atoms with Crippen LogP contribution in [0, 0.1) is 17.6 Å². The van der Waals surface area contributed by atoms with Crippen LogP contribution >= 0.6 is 22.9 Å². The molecule has 0 fully saturated rings. The lowest BCUT2D eigenvalue weighted by Crippen LogP contribution is -2.41. The second-order valence-electron chi connectivity index (χ2n) is 9.13. The van der Waals surface area contributed by atoms with Gasteiger partial charge in [0.05, 0.1) is 21.8 Å². The molecule has 0 aliphatic heterocycles. The summed E-state index contributed by atoms with van der Waals surface area (Å²) < 4.78 is 63.8. The summed E-state index contributed by atoms with van der Waals surface area (Å²) in [6, 6.07) is 15.6. The summed E-state index contributed by atoms with van der Waals surface area (Å²) >= 11 is 7.54. The van der Waals surface area contributed by atoms with E-state index in [9.17, 15) is 12.8 Å². The summed E-state index contributed by atoms with van der Waals surface area (Å²) in [5.41, 5.74) is 2.52.